The average molecular weight is 204 g/mol. The van der Waals surface area contributed by atoms with Crippen LogP contribution >= 0.6 is 23.2 Å². The second-order valence-corrected chi connectivity index (χ2v) is 3.34. The van der Waals surface area contributed by atoms with Crippen molar-refractivity contribution in [2.45, 2.75) is 13.3 Å². The summed E-state index contributed by atoms with van der Waals surface area (Å²) in [6.45, 7) is 2.00. The lowest BCUT2D eigenvalue weighted by molar-refractivity contribution is 0.299. The molecule has 0 amide bonds. The van der Waals surface area contributed by atoms with E-state index < -0.39 is 0 Å². The number of hydrogen-bond donors (Lipinski definition) is 1. The number of hydrogen-bond acceptors (Lipinski definition) is 1. The lowest BCUT2D eigenvalue weighted by Gasteiger charge is -2.05. The summed E-state index contributed by atoms with van der Waals surface area (Å²) in [5.74, 6) is 0. The quantitative estimate of drug-likeness (QED) is 0.784. The van der Waals surface area contributed by atoms with E-state index in [2.05, 4.69) is 6.07 Å². The molecule has 1 radical (unpaired) electrons. The van der Waals surface area contributed by atoms with Gasteiger partial charge in [0.1, 0.15) is 0 Å². The van der Waals surface area contributed by atoms with Crippen molar-refractivity contribution in [1.29, 1.82) is 0 Å². The summed E-state index contributed by atoms with van der Waals surface area (Å²) in [5.41, 5.74) is 1.92. The van der Waals surface area contributed by atoms with Gasteiger partial charge in [-0.15, -0.1) is 0 Å². The van der Waals surface area contributed by atoms with Crippen molar-refractivity contribution in [3.05, 3.63) is 33.3 Å². The average Bonchev–Trinajstić information content (AvgIpc) is 2.00. The maximum atomic E-state index is 8.73. The van der Waals surface area contributed by atoms with E-state index in [0.29, 0.717) is 16.5 Å². The van der Waals surface area contributed by atoms with Gasteiger partial charge in [-0.05, 0) is 30.5 Å². The Morgan fingerprint density at radius 3 is 2.75 bits per heavy atom. The van der Waals surface area contributed by atoms with Crippen LogP contribution in [0.5, 0.6) is 0 Å². The number of aliphatic hydroxyl groups is 1. The van der Waals surface area contributed by atoms with E-state index in [1.807, 2.05) is 6.92 Å². The minimum absolute atomic E-state index is 0.109. The molecule has 1 N–H and O–H groups in total. The van der Waals surface area contributed by atoms with Crippen LogP contribution in [0.2, 0.25) is 10.0 Å². The third kappa shape index (κ3) is 2.13. The predicted molar refractivity (Wildman–Crippen MR) is 50.8 cm³/mol. The topological polar surface area (TPSA) is 20.2 Å². The summed E-state index contributed by atoms with van der Waals surface area (Å²) >= 11 is 11.6. The molecule has 0 spiro atoms. The van der Waals surface area contributed by atoms with Gasteiger partial charge in [0.25, 0.3) is 0 Å². The molecule has 0 atom stereocenters. The summed E-state index contributed by atoms with van der Waals surface area (Å²) in [5, 5.41) is 9.76. The van der Waals surface area contributed by atoms with Gasteiger partial charge in [0.2, 0.25) is 0 Å². The lowest BCUT2D eigenvalue weighted by Crippen LogP contribution is -1.94. The molecule has 65 valence electrons. The SMILES string of the molecule is Cc1c(Cl)[c]c(Cl)cc1CCO. The molecule has 0 unspecified atom stereocenters. The zero-order chi connectivity index (χ0) is 9.14. The zero-order valence-electron chi connectivity index (χ0n) is 6.69. The Balaban J connectivity index is 3.09. The van der Waals surface area contributed by atoms with Gasteiger partial charge in [0, 0.05) is 12.7 Å². The summed E-state index contributed by atoms with van der Waals surface area (Å²) in [4.78, 5) is 0. The Morgan fingerprint density at radius 1 is 1.50 bits per heavy atom. The molecule has 12 heavy (non-hydrogen) atoms. The standard InChI is InChI=1S/C9H9Cl2O/c1-6-7(2-3-12)4-8(10)5-9(6)11/h4,12H,2-3H2,1H3. The first-order chi connectivity index (χ1) is 5.65. The van der Waals surface area contributed by atoms with E-state index in [9.17, 15) is 0 Å². The molecule has 0 aliphatic carbocycles. The van der Waals surface area contributed by atoms with Gasteiger partial charge in [-0.2, -0.15) is 0 Å². The molecule has 0 saturated heterocycles. The molecule has 1 aromatic rings. The highest BCUT2D eigenvalue weighted by atomic mass is 35.5. The summed E-state index contributed by atoms with van der Waals surface area (Å²) < 4.78 is 0. The van der Waals surface area contributed by atoms with E-state index in [4.69, 9.17) is 28.3 Å². The number of aliphatic hydroxyl groups excluding tert-OH is 1. The van der Waals surface area contributed by atoms with Crippen molar-refractivity contribution in [2.75, 3.05) is 6.61 Å². The number of halogens is 2. The minimum atomic E-state index is 0.109. The van der Waals surface area contributed by atoms with Gasteiger partial charge in [-0.25, -0.2) is 0 Å². The first kappa shape index (κ1) is 9.85. The van der Waals surface area contributed by atoms with Crippen molar-refractivity contribution in [3.63, 3.8) is 0 Å². The zero-order valence-corrected chi connectivity index (χ0v) is 8.21. The van der Waals surface area contributed by atoms with Crippen LogP contribution < -0.4 is 0 Å². The molecular weight excluding hydrogens is 195 g/mol. The normalized spacial score (nSPS) is 10.3. The molecular formula is C9H9Cl2O. The van der Waals surface area contributed by atoms with Crippen LogP contribution in [0.1, 0.15) is 11.1 Å². The molecule has 1 nitrogen and oxygen atoms in total. The van der Waals surface area contributed by atoms with Crippen molar-refractivity contribution in [2.24, 2.45) is 0 Å². The summed E-state index contributed by atoms with van der Waals surface area (Å²) in [7, 11) is 0. The van der Waals surface area contributed by atoms with Crippen molar-refractivity contribution < 1.29 is 5.11 Å². The van der Waals surface area contributed by atoms with Gasteiger partial charge >= 0.3 is 0 Å². The molecule has 0 heterocycles. The second-order valence-electron chi connectivity index (χ2n) is 2.56. The van der Waals surface area contributed by atoms with Crippen LogP contribution in [0, 0.1) is 13.0 Å². The van der Waals surface area contributed by atoms with Crippen LogP contribution in [0.4, 0.5) is 0 Å². The Hall–Kier alpha value is -0.240. The fraction of sp³-hybridized carbons (Fsp3) is 0.333. The van der Waals surface area contributed by atoms with Crippen LogP contribution in [-0.4, -0.2) is 11.7 Å². The van der Waals surface area contributed by atoms with Gasteiger partial charge in [-0.1, -0.05) is 23.2 Å². The Kier molecular flexibility index (Phi) is 3.39. The van der Waals surface area contributed by atoms with E-state index >= 15 is 0 Å². The van der Waals surface area contributed by atoms with E-state index in [1.54, 1.807) is 6.07 Å². The van der Waals surface area contributed by atoms with E-state index in [0.717, 1.165) is 11.1 Å². The van der Waals surface area contributed by atoms with Crippen molar-refractivity contribution in [3.8, 4) is 0 Å². The fourth-order valence-electron chi connectivity index (χ4n) is 1.02. The monoisotopic (exact) mass is 203 g/mol. The molecule has 1 rings (SSSR count). The third-order valence-electron chi connectivity index (χ3n) is 1.72. The van der Waals surface area contributed by atoms with Gasteiger partial charge in [0.05, 0.1) is 10.0 Å². The molecule has 0 saturated carbocycles. The van der Waals surface area contributed by atoms with Crippen molar-refractivity contribution in [1.82, 2.24) is 0 Å². The van der Waals surface area contributed by atoms with Crippen LogP contribution in [0.15, 0.2) is 6.07 Å². The van der Waals surface area contributed by atoms with Crippen LogP contribution in [0.3, 0.4) is 0 Å². The Bertz CT molecular complexity index is 284. The number of benzene rings is 1. The molecule has 0 bridgehead atoms. The maximum absolute atomic E-state index is 8.73. The van der Waals surface area contributed by atoms with Crippen molar-refractivity contribution >= 4 is 23.2 Å². The van der Waals surface area contributed by atoms with E-state index in [1.165, 1.54) is 0 Å². The molecule has 0 aromatic heterocycles. The Morgan fingerprint density at radius 2 is 2.17 bits per heavy atom. The first-order valence-electron chi connectivity index (χ1n) is 3.63. The predicted octanol–water partition coefficient (Wildman–Crippen LogP) is 2.64. The highest BCUT2D eigenvalue weighted by Gasteiger charge is 2.04. The third-order valence-corrected chi connectivity index (χ3v) is 2.30. The van der Waals surface area contributed by atoms with Gasteiger partial charge in [0.15, 0.2) is 0 Å². The van der Waals surface area contributed by atoms with Crippen LogP contribution in [-0.2, 0) is 6.42 Å². The first-order valence-corrected chi connectivity index (χ1v) is 4.38. The molecule has 1 aromatic carbocycles. The summed E-state index contributed by atoms with van der Waals surface area (Å²) in [6, 6.07) is 4.56. The van der Waals surface area contributed by atoms with E-state index in [-0.39, 0.29) is 6.61 Å². The molecule has 3 heteroatoms. The Labute approximate surface area is 81.9 Å². The lowest BCUT2D eigenvalue weighted by atomic mass is 10.1. The van der Waals surface area contributed by atoms with Crippen LogP contribution in [0.25, 0.3) is 0 Å². The fourth-order valence-corrected chi connectivity index (χ4v) is 1.51. The smallest absolute Gasteiger partial charge is 0.0532 e. The number of rotatable bonds is 2. The summed E-state index contributed by atoms with van der Waals surface area (Å²) in [6.07, 6.45) is 0.583. The second kappa shape index (κ2) is 4.13. The molecule has 0 aliphatic rings. The van der Waals surface area contributed by atoms with Gasteiger partial charge in [-0.3, -0.25) is 0 Å². The minimum Gasteiger partial charge on any atom is -0.396 e. The highest BCUT2D eigenvalue weighted by Crippen LogP contribution is 2.23. The molecule has 0 fully saturated rings. The molecule has 0 aliphatic heterocycles. The highest BCUT2D eigenvalue weighted by molar-refractivity contribution is 6.34. The maximum Gasteiger partial charge on any atom is 0.0532 e. The largest absolute Gasteiger partial charge is 0.396 e. The van der Waals surface area contributed by atoms with Gasteiger partial charge < -0.3 is 5.11 Å².